The van der Waals surface area contributed by atoms with Gasteiger partial charge in [0.1, 0.15) is 11.6 Å². The molecule has 1 aliphatic carbocycles. The van der Waals surface area contributed by atoms with Crippen LogP contribution in [0.1, 0.15) is 52.0 Å². The maximum absolute atomic E-state index is 14.3. The average Bonchev–Trinajstić information content (AvgIpc) is 3.00. The third-order valence-corrected chi connectivity index (χ3v) is 8.07. The number of carbonyl (C=O) groups excluding carboxylic acids is 2. The Hall–Kier alpha value is -3.95. The summed E-state index contributed by atoms with van der Waals surface area (Å²) in [4.78, 5) is 30.7. The lowest BCUT2D eigenvalue weighted by molar-refractivity contribution is 0.0920. The van der Waals surface area contributed by atoms with Gasteiger partial charge in [0, 0.05) is 61.6 Å². The molecule has 41 heavy (non-hydrogen) atoms. The zero-order valence-electron chi connectivity index (χ0n) is 23.4. The molecule has 2 atom stereocenters. The maximum atomic E-state index is 14.3. The van der Waals surface area contributed by atoms with Crippen LogP contribution in [0.25, 0.3) is 0 Å². The molecular weight excluding hydrogens is 521 g/mol. The van der Waals surface area contributed by atoms with E-state index in [4.69, 9.17) is 10.5 Å². The van der Waals surface area contributed by atoms with Crippen LogP contribution >= 0.6 is 0 Å². The Morgan fingerprint density at radius 1 is 0.927 bits per heavy atom. The summed E-state index contributed by atoms with van der Waals surface area (Å²) in [6.45, 7) is 3.44. The summed E-state index contributed by atoms with van der Waals surface area (Å²) in [5.41, 5.74) is 9.32. The Morgan fingerprint density at radius 2 is 1.63 bits per heavy atom. The second-order valence-electron chi connectivity index (χ2n) is 10.8. The molecule has 3 aromatic rings. The average molecular weight is 560 g/mol. The van der Waals surface area contributed by atoms with E-state index in [1.54, 1.807) is 49.6 Å². The SMILES string of the molecule is COc1ccc(C(=O)Nc2cc(C(=O)NC3CCCCC3N)ccc2CN2CCN(c3ccccc3F)CC2)cc1. The van der Waals surface area contributed by atoms with Gasteiger partial charge in [-0.15, -0.1) is 0 Å². The molecule has 1 aliphatic heterocycles. The summed E-state index contributed by atoms with van der Waals surface area (Å²) in [6, 6.07) is 19.1. The van der Waals surface area contributed by atoms with E-state index in [1.165, 1.54) is 6.07 Å². The number of piperazine rings is 1. The lowest BCUT2D eigenvalue weighted by atomic mass is 9.91. The quantitative estimate of drug-likeness (QED) is 0.378. The molecule has 2 unspecified atom stereocenters. The molecule has 0 radical (unpaired) electrons. The molecule has 4 N–H and O–H groups in total. The number of nitrogens with two attached hydrogens (primary N) is 1. The van der Waals surface area contributed by atoms with Gasteiger partial charge in [0.05, 0.1) is 12.8 Å². The largest absolute Gasteiger partial charge is 0.497 e. The first-order valence-electron chi connectivity index (χ1n) is 14.3. The van der Waals surface area contributed by atoms with Crippen molar-refractivity contribution in [2.75, 3.05) is 43.5 Å². The van der Waals surface area contributed by atoms with Gasteiger partial charge < -0.3 is 26.0 Å². The summed E-state index contributed by atoms with van der Waals surface area (Å²) in [7, 11) is 1.58. The lowest BCUT2D eigenvalue weighted by Crippen LogP contribution is -2.49. The summed E-state index contributed by atoms with van der Waals surface area (Å²) in [5.74, 6) is -0.0219. The second-order valence-corrected chi connectivity index (χ2v) is 10.8. The van der Waals surface area contributed by atoms with Crippen LogP contribution < -0.4 is 26.0 Å². The van der Waals surface area contributed by atoms with E-state index in [2.05, 4.69) is 20.4 Å². The zero-order chi connectivity index (χ0) is 28.8. The molecule has 1 saturated heterocycles. The van der Waals surface area contributed by atoms with Gasteiger partial charge in [-0.1, -0.05) is 31.0 Å². The third kappa shape index (κ3) is 7.04. The van der Waals surface area contributed by atoms with Crippen molar-refractivity contribution in [1.29, 1.82) is 0 Å². The Kier molecular flexibility index (Phi) is 9.16. The van der Waals surface area contributed by atoms with E-state index in [0.29, 0.717) is 47.9 Å². The Morgan fingerprint density at radius 3 is 2.34 bits per heavy atom. The summed E-state index contributed by atoms with van der Waals surface area (Å²) >= 11 is 0. The van der Waals surface area contributed by atoms with Crippen molar-refractivity contribution in [1.82, 2.24) is 10.2 Å². The molecule has 8 nitrogen and oxygen atoms in total. The number of ether oxygens (including phenoxy) is 1. The van der Waals surface area contributed by atoms with Crippen molar-refractivity contribution in [3.8, 4) is 5.75 Å². The highest BCUT2D eigenvalue weighted by molar-refractivity contribution is 6.05. The van der Waals surface area contributed by atoms with Gasteiger partial charge in [-0.25, -0.2) is 4.39 Å². The summed E-state index contributed by atoms with van der Waals surface area (Å²) in [5, 5.41) is 6.13. The van der Waals surface area contributed by atoms with E-state index >= 15 is 0 Å². The maximum Gasteiger partial charge on any atom is 0.255 e. The van der Waals surface area contributed by atoms with Crippen LogP contribution in [0.2, 0.25) is 0 Å². The topological polar surface area (TPSA) is 99.9 Å². The van der Waals surface area contributed by atoms with Gasteiger partial charge in [-0.05, 0) is 66.9 Å². The molecular formula is C32H38FN5O3. The number of hydrogen-bond donors (Lipinski definition) is 3. The molecule has 1 saturated carbocycles. The number of benzene rings is 3. The van der Waals surface area contributed by atoms with E-state index in [-0.39, 0.29) is 29.7 Å². The van der Waals surface area contributed by atoms with Crippen LogP contribution in [0.5, 0.6) is 5.75 Å². The standard InChI is InChI=1S/C32H38FN5O3/c1-41-25-14-12-22(13-15-25)31(39)36-29-20-23(32(40)35-28-8-4-3-7-27(28)34)10-11-24(29)21-37-16-18-38(19-17-37)30-9-5-2-6-26(30)33/h2,5-6,9-15,20,27-28H,3-4,7-8,16-19,21,34H2,1H3,(H,35,40)(H,36,39). The van der Waals surface area contributed by atoms with Crippen molar-refractivity contribution in [2.24, 2.45) is 5.73 Å². The Labute approximate surface area is 240 Å². The molecule has 9 heteroatoms. The number of para-hydroxylation sites is 1. The van der Waals surface area contributed by atoms with Crippen LogP contribution in [0, 0.1) is 5.82 Å². The smallest absolute Gasteiger partial charge is 0.255 e. The molecule has 5 rings (SSSR count). The van der Waals surface area contributed by atoms with Crippen molar-refractivity contribution in [3.63, 3.8) is 0 Å². The van der Waals surface area contributed by atoms with E-state index in [0.717, 1.165) is 44.3 Å². The molecule has 0 bridgehead atoms. The predicted molar refractivity (Wildman–Crippen MR) is 159 cm³/mol. The molecule has 2 aliphatic rings. The monoisotopic (exact) mass is 559 g/mol. The first-order valence-corrected chi connectivity index (χ1v) is 14.3. The van der Waals surface area contributed by atoms with Crippen LogP contribution in [0.3, 0.4) is 0 Å². The van der Waals surface area contributed by atoms with Crippen LogP contribution in [-0.2, 0) is 6.54 Å². The Bertz CT molecular complexity index is 1360. The van der Waals surface area contributed by atoms with Gasteiger partial charge in [0.15, 0.2) is 0 Å². The number of nitrogens with one attached hydrogen (secondary N) is 2. The number of methoxy groups -OCH3 is 1. The lowest BCUT2D eigenvalue weighted by Gasteiger charge is -2.36. The fraction of sp³-hybridized carbons (Fsp3) is 0.375. The summed E-state index contributed by atoms with van der Waals surface area (Å²) < 4.78 is 19.5. The second kappa shape index (κ2) is 13.1. The fourth-order valence-corrected chi connectivity index (χ4v) is 5.60. The molecule has 2 amide bonds. The van der Waals surface area contributed by atoms with Crippen LogP contribution in [0.4, 0.5) is 15.8 Å². The van der Waals surface area contributed by atoms with Crippen molar-refractivity contribution < 1.29 is 18.7 Å². The third-order valence-electron chi connectivity index (χ3n) is 8.07. The van der Waals surface area contributed by atoms with E-state index < -0.39 is 0 Å². The number of halogens is 1. The van der Waals surface area contributed by atoms with Crippen molar-refractivity contribution >= 4 is 23.2 Å². The van der Waals surface area contributed by atoms with Crippen molar-refractivity contribution in [3.05, 3.63) is 89.2 Å². The number of amides is 2. The van der Waals surface area contributed by atoms with Crippen LogP contribution in [-0.4, -0.2) is 62.1 Å². The number of rotatable bonds is 8. The van der Waals surface area contributed by atoms with Gasteiger partial charge in [-0.2, -0.15) is 0 Å². The minimum Gasteiger partial charge on any atom is -0.497 e. The minimum absolute atomic E-state index is 0.0516. The molecule has 0 spiro atoms. The highest BCUT2D eigenvalue weighted by atomic mass is 19.1. The van der Waals surface area contributed by atoms with Crippen molar-refractivity contribution in [2.45, 2.75) is 44.3 Å². The minimum atomic E-state index is -0.273. The van der Waals surface area contributed by atoms with Crippen LogP contribution in [0.15, 0.2) is 66.7 Å². The van der Waals surface area contributed by atoms with Gasteiger partial charge >= 0.3 is 0 Å². The number of anilines is 2. The van der Waals surface area contributed by atoms with Gasteiger partial charge in [-0.3, -0.25) is 14.5 Å². The predicted octanol–water partition coefficient (Wildman–Crippen LogP) is 4.41. The molecule has 3 aromatic carbocycles. The zero-order valence-corrected chi connectivity index (χ0v) is 23.4. The molecule has 2 fully saturated rings. The molecule has 0 aromatic heterocycles. The van der Waals surface area contributed by atoms with E-state index in [1.807, 2.05) is 18.2 Å². The Balaban J connectivity index is 1.32. The summed E-state index contributed by atoms with van der Waals surface area (Å²) in [6.07, 6.45) is 3.89. The van der Waals surface area contributed by atoms with E-state index in [9.17, 15) is 14.0 Å². The number of hydrogen-bond acceptors (Lipinski definition) is 6. The normalized spacial score (nSPS) is 19.4. The van der Waals surface area contributed by atoms with Gasteiger partial charge in [0.25, 0.3) is 11.8 Å². The number of carbonyl (C=O) groups is 2. The molecule has 216 valence electrons. The first kappa shape index (κ1) is 28.6. The first-order chi connectivity index (χ1) is 19.9. The highest BCUT2D eigenvalue weighted by Gasteiger charge is 2.25. The fourth-order valence-electron chi connectivity index (χ4n) is 5.60. The number of nitrogens with zero attached hydrogens (tertiary/aromatic N) is 2. The van der Waals surface area contributed by atoms with Gasteiger partial charge in [0.2, 0.25) is 0 Å². The molecule has 1 heterocycles. The highest BCUT2D eigenvalue weighted by Crippen LogP contribution is 2.25.